The van der Waals surface area contributed by atoms with E-state index in [1.165, 1.54) is 0 Å². The molecule has 8 heteroatoms. The minimum absolute atomic E-state index is 0.126. The van der Waals surface area contributed by atoms with Gasteiger partial charge in [0.05, 0.1) is 18.3 Å². The molecule has 0 fully saturated rings. The van der Waals surface area contributed by atoms with Crippen molar-refractivity contribution in [3.63, 3.8) is 0 Å². The first-order valence-corrected chi connectivity index (χ1v) is 11.6. The third-order valence-corrected chi connectivity index (χ3v) is 4.79. The Labute approximate surface area is 196 Å². The van der Waals surface area contributed by atoms with Crippen LogP contribution in [0.3, 0.4) is 0 Å². The molecule has 6 N–H and O–H groups in total. The predicted molar refractivity (Wildman–Crippen MR) is 129 cm³/mol. The number of nitrogens with two attached hydrogens (primary N) is 2. The molecule has 2 aromatic carbocycles. The van der Waals surface area contributed by atoms with E-state index in [1.807, 2.05) is 37.3 Å². The lowest BCUT2D eigenvalue weighted by molar-refractivity contribution is 0.0992. The summed E-state index contributed by atoms with van der Waals surface area (Å²) in [6, 6.07) is 11.1. The second-order valence-corrected chi connectivity index (χ2v) is 7.63. The van der Waals surface area contributed by atoms with Crippen LogP contribution in [0.15, 0.2) is 36.4 Å². The van der Waals surface area contributed by atoms with Crippen LogP contribution in [0.1, 0.15) is 32.6 Å². The largest absolute Gasteiger partial charge is 0.493 e. The van der Waals surface area contributed by atoms with Gasteiger partial charge in [0.2, 0.25) is 0 Å². The number of hydrogen-bond acceptors (Lipinski definition) is 8. The molecule has 0 amide bonds. The Morgan fingerprint density at radius 2 is 1.48 bits per heavy atom. The number of rotatable bonds is 17. The zero-order valence-electron chi connectivity index (χ0n) is 19.5. The van der Waals surface area contributed by atoms with Gasteiger partial charge in [0.1, 0.15) is 42.8 Å². The van der Waals surface area contributed by atoms with Crippen LogP contribution < -0.4 is 30.4 Å². The normalized spacial score (nSPS) is 11.8. The highest BCUT2D eigenvalue weighted by molar-refractivity contribution is 5.78. The molecule has 0 aliphatic rings. The van der Waals surface area contributed by atoms with Crippen molar-refractivity contribution in [3.05, 3.63) is 36.4 Å². The zero-order valence-corrected chi connectivity index (χ0v) is 19.5. The molecule has 0 bridgehead atoms. The minimum Gasteiger partial charge on any atom is -0.493 e. The summed E-state index contributed by atoms with van der Waals surface area (Å²) < 4.78 is 23.6. The fraction of sp³-hybridized carbons (Fsp3) is 0.520. The number of ether oxygens (including phenoxy) is 4. The summed E-state index contributed by atoms with van der Waals surface area (Å²) in [5, 5.41) is 19.1. The molecule has 0 radical (unpaired) electrons. The summed E-state index contributed by atoms with van der Waals surface area (Å²) in [6.45, 7) is 4.26. The van der Waals surface area contributed by atoms with Crippen molar-refractivity contribution >= 4 is 0 Å². The summed E-state index contributed by atoms with van der Waals surface area (Å²) in [4.78, 5) is 0. The Morgan fingerprint density at radius 3 is 2.12 bits per heavy atom. The van der Waals surface area contributed by atoms with Gasteiger partial charge in [-0.3, -0.25) is 0 Å². The van der Waals surface area contributed by atoms with E-state index in [0.29, 0.717) is 68.7 Å². The van der Waals surface area contributed by atoms with E-state index >= 15 is 0 Å². The van der Waals surface area contributed by atoms with Crippen LogP contribution in [0.2, 0.25) is 0 Å². The van der Waals surface area contributed by atoms with Gasteiger partial charge in [-0.2, -0.15) is 0 Å². The molecule has 0 saturated carbocycles. The molecule has 0 aliphatic carbocycles. The maximum atomic E-state index is 10.1. The molecule has 184 valence electrons. The average Bonchev–Trinajstić information content (AvgIpc) is 2.83. The average molecular weight is 463 g/mol. The van der Waals surface area contributed by atoms with E-state index in [1.54, 1.807) is 6.07 Å². The van der Waals surface area contributed by atoms with Gasteiger partial charge in [-0.05, 0) is 49.1 Å². The number of unbranched alkanes of at least 4 members (excludes halogenated alkanes) is 1. The molecule has 1 atom stereocenters. The molecule has 8 nitrogen and oxygen atoms in total. The third-order valence-electron chi connectivity index (χ3n) is 4.79. The summed E-state index contributed by atoms with van der Waals surface area (Å²) in [6.07, 6.45) is 2.39. The van der Waals surface area contributed by atoms with Crippen LogP contribution in [0.4, 0.5) is 0 Å². The van der Waals surface area contributed by atoms with Crippen molar-refractivity contribution < 1.29 is 29.2 Å². The molecule has 0 aromatic heterocycles. The van der Waals surface area contributed by atoms with Crippen molar-refractivity contribution in [2.75, 3.05) is 46.1 Å². The van der Waals surface area contributed by atoms with E-state index in [0.717, 1.165) is 24.0 Å². The first-order chi connectivity index (χ1) is 16.1. The topological polar surface area (TPSA) is 129 Å². The van der Waals surface area contributed by atoms with E-state index < -0.39 is 6.10 Å². The lowest BCUT2D eigenvalue weighted by atomic mass is 10.0. The Morgan fingerprint density at radius 1 is 0.848 bits per heavy atom. The smallest absolute Gasteiger partial charge is 0.130 e. The van der Waals surface area contributed by atoms with Crippen LogP contribution in [-0.2, 0) is 0 Å². The number of benzene rings is 2. The van der Waals surface area contributed by atoms with Crippen molar-refractivity contribution in [1.29, 1.82) is 0 Å². The number of aliphatic hydroxyl groups excluding tert-OH is 2. The fourth-order valence-electron chi connectivity index (χ4n) is 3.27. The van der Waals surface area contributed by atoms with Gasteiger partial charge in [-0.15, -0.1) is 0 Å². The predicted octanol–water partition coefficient (Wildman–Crippen LogP) is 2.72. The van der Waals surface area contributed by atoms with E-state index in [9.17, 15) is 5.11 Å². The van der Waals surface area contributed by atoms with Crippen LogP contribution in [0.25, 0.3) is 11.1 Å². The Hall–Kier alpha value is -2.52. The molecule has 0 aliphatic heterocycles. The second kappa shape index (κ2) is 15.3. The molecule has 0 spiro atoms. The monoisotopic (exact) mass is 462 g/mol. The Bertz CT molecular complexity index is 817. The maximum absolute atomic E-state index is 10.1. The molecule has 0 saturated heterocycles. The van der Waals surface area contributed by atoms with Crippen molar-refractivity contribution in [2.45, 2.75) is 38.7 Å². The van der Waals surface area contributed by atoms with Gasteiger partial charge in [-0.25, -0.2) is 0 Å². The first-order valence-electron chi connectivity index (χ1n) is 11.6. The SMILES string of the molecule is CCCC(O)COc1cc(OCCN)cc(-c2c(OCCN)cccc2OCCCCO)c1. The maximum Gasteiger partial charge on any atom is 0.130 e. The van der Waals surface area contributed by atoms with Gasteiger partial charge in [0.15, 0.2) is 0 Å². The minimum atomic E-state index is -0.544. The summed E-state index contributed by atoms with van der Waals surface area (Å²) in [5.41, 5.74) is 12.8. The molecular weight excluding hydrogens is 424 g/mol. The lowest BCUT2D eigenvalue weighted by Gasteiger charge is -2.19. The van der Waals surface area contributed by atoms with Crippen molar-refractivity contribution in [2.24, 2.45) is 11.5 Å². The van der Waals surface area contributed by atoms with Gasteiger partial charge in [0, 0.05) is 25.8 Å². The Balaban J connectivity index is 2.43. The highest BCUT2D eigenvalue weighted by Crippen LogP contribution is 2.41. The van der Waals surface area contributed by atoms with Crippen LogP contribution in [-0.4, -0.2) is 62.4 Å². The highest BCUT2D eigenvalue weighted by atomic mass is 16.5. The van der Waals surface area contributed by atoms with E-state index in [4.69, 9.17) is 35.5 Å². The fourth-order valence-corrected chi connectivity index (χ4v) is 3.27. The molecule has 2 rings (SSSR count). The molecule has 0 heterocycles. The molecule has 2 aromatic rings. The van der Waals surface area contributed by atoms with E-state index in [2.05, 4.69) is 0 Å². The van der Waals surface area contributed by atoms with Crippen LogP contribution >= 0.6 is 0 Å². The van der Waals surface area contributed by atoms with Gasteiger partial charge in [-0.1, -0.05) is 19.4 Å². The zero-order chi connectivity index (χ0) is 23.9. The first kappa shape index (κ1) is 26.7. The highest BCUT2D eigenvalue weighted by Gasteiger charge is 2.17. The van der Waals surface area contributed by atoms with Crippen molar-refractivity contribution in [1.82, 2.24) is 0 Å². The second-order valence-electron chi connectivity index (χ2n) is 7.63. The van der Waals surface area contributed by atoms with Gasteiger partial charge >= 0.3 is 0 Å². The van der Waals surface area contributed by atoms with E-state index in [-0.39, 0.29) is 13.2 Å². The van der Waals surface area contributed by atoms with Gasteiger partial charge < -0.3 is 40.6 Å². The number of aliphatic hydroxyl groups is 2. The summed E-state index contributed by atoms with van der Waals surface area (Å²) in [7, 11) is 0. The van der Waals surface area contributed by atoms with Crippen molar-refractivity contribution in [3.8, 4) is 34.1 Å². The summed E-state index contributed by atoms with van der Waals surface area (Å²) >= 11 is 0. The quantitative estimate of drug-likeness (QED) is 0.264. The molecular formula is C25H38N2O6. The Kier molecular flexibility index (Phi) is 12.4. The summed E-state index contributed by atoms with van der Waals surface area (Å²) in [5.74, 6) is 2.44. The molecule has 1 unspecified atom stereocenters. The third kappa shape index (κ3) is 9.09. The van der Waals surface area contributed by atoms with Crippen LogP contribution in [0.5, 0.6) is 23.0 Å². The number of hydrogen-bond donors (Lipinski definition) is 4. The van der Waals surface area contributed by atoms with Crippen LogP contribution in [0, 0.1) is 0 Å². The van der Waals surface area contributed by atoms with Gasteiger partial charge in [0.25, 0.3) is 0 Å². The lowest BCUT2D eigenvalue weighted by Crippen LogP contribution is -2.17. The standard InChI is InChI=1S/C25H38N2O6/c1-2-6-20(29)18-33-22-16-19(15-21(17-22)30-13-9-26)25-23(31-12-4-3-11-28)7-5-8-24(25)32-14-10-27/h5,7-8,15-17,20,28-29H,2-4,6,9-14,18,26-27H2,1H3. The molecule has 33 heavy (non-hydrogen) atoms.